The fraction of sp³-hybridized carbons (Fsp3) is 0. The van der Waals surface area contributed by atoms with E-state index in [1.165, 1.54) is 35.6 Å². The number of carbonyl (C=O) groups is 2. The summed E-state index contributed by atoms with van der Waals surface area (Å²) in [6, 6.07) is 15.7. The molecule has 0 unspecified atom stereocenters. The van der Waals surface area contributed by atoms with Gasteiger partial charge in [0, 0.05) is 15.6 Å². The maximum atomic E-state index is 13.2. The van der Waals surface area contributed by atoms with Crippen LogP contribution >= 0.6 is 22.9 Å². The van der Waals surface area contributed by atoms with Crippen molar-refractivity contribution < 1.29 is 14.0 Å². The number of halogens is 2. The number of hydrogen-bond donors (Lipinski definition) is 1. The average Bonchev–Trinajstić information content (AvgIpc) is 3.26. The Balaban J connectivity index is 1.78. The predicted octanol–water partition coefficient (Wildman–Crippen LogP) is 4.94. The second kappa shape index (κ2) is 6.98. The molecular formula is C20H12ClFN2O2S. The number of imide groups is 1. The quantitative estimate of drug-likeness (QED) is 0.633. The van der Waals surface area contributed by atoms with E-state index < -0.39 is 11.8 Å². The lowest BCUT2D eigenvalue weighted by molar-refractivity contribution is -0.120. The fourth-order valence-electron chi connectivity index (χ4n) is 2.80. The molecule has 27 heavy (non-hydrogen) atoms. The molecular weight excluding hydrogens is 387 g/mol. The van der Waals surface area contributed by atoms with Gasteiger partial charge in [-0.2, -0.15) is 0 Å². The van der Waals surface area contributed by atoms with Crippen molar-refractivity contribution in [1.29, 1.82) is 0 Å². The van der Waals surface area contributed by atoms with Crippen LogP contribution in [0.2, 0.25) is 5.02 Å². The molecule has 7 heteroatoms. The van der Waals surface area contributed by atoms with Crippen LogP contribution in [-0.4, -0.2) is 11.8 Å². The van der Waals surface area contributed by atoms with E-state index in [1.807, 2.05) is 11.4 Å². The van der Waals surface area contributed by atoms with Gasteiger partial charge in [-0.15, -0.1) is 11.3 Å². The normalized spacial score (nSPS) is 14.2. The summed E-state index contributed by atoms with van der Waals surface area (Å²) in [5.41, 5.74) is 1.39. The van der Waals surface area contributed by atoms with E-state index in [4.69, 9.17) is 11.6 Å². The summed E-state index contributed by atoms with van der Waals surface area (Å²) in [5.74, 6) is -1.28. The molecule has 0 bridgehead atoms. The Morgan fingerprint density at radius 1 is 0.926 bits per heavy atom. The van der Waals surface area contributed by atoms with Crippen molar-refractivity contribution in [3.05, 3.63) is 87.5 Å². The van der Waals surface area contributed by atoms with E-state index in [9.17, 15) is 14.0 Å². The summed E-state index contributed by atoms with van der Waals surface area (Å²) in [6.07, 6.45) is 0. The molecule has 0 atom stereocenters. The summed E-state index contributed by atoms with van der Waals surface area (Å²) >= 11 is 7.27. The summed E-state index contributed by atoms with van der Waals surface area (Å²) < 4.78 is 13.2. The van der Waals surface area contributed by atoms with Crippen LogP contribution in [0.15, 0.2) is 71.7 Å². The van der Waals surface area contributed by atoms with Crippen LogP contribution in [0.1, 0.15) is 4.88 Å². The number of rotatable bonds is 4. The molecule has 0 saturated carbocycles. The zero-order chi connectivity index (χ0) is 19.0. The molecule has 0 saturated heterocycles. The van der Waals surface area contributed by atoms with Crippen molar-refractivity contribution in [1.82, 2.24) is 0 Å². The SMILES string of the molecule is O=C1C(Nc2ccc(F)cc2)=C(c2cccs2)C(=O)N1c1ccc(Cl)cc1. The molecule has 4 nitrogen and oxygen atoms in total. The highest BCUT2D eigenvalue weighted by Gasteiger charge is 2.40. The Hall–Kier alpha value is -2.96. The van der Waals surface area contributed by atoms with Crippen LogP contribution in [-0.2, 0) is 9.59 Å². The molecule has 3 aromatic rings. The number of carbonyl (C=O) groups excluding carboxylic acids is 2. The van der Waals surface area contributed by atoms with Gasteiger partial charge in [0.1, 0.15) is 11.5 Å². The lowest BCUT2D eigenvalue weighted by atomic mass is 10.2. The van der Waals surface area contributed by atoms with Crippen molar-refractivity contribution in [2.75, 3.05) is 10.2 Å². The highest BCUT2D eigenvalue weighted by atomic mass is 35.5. The van der Waals surface area contributed by atoms with Gasteiger partial charge < -0.3 is 5.32 Å². The molecule has 0 aliphatic carbocycles. The van der Waals surface area contributed by atoms with E-state index in [1.54, 1.807) is 30.3 Å². The van der Waals surface area contributed by atoms with E-state index in [0.29, 0.717) is 21.3 Å². The number of hydrogen-bond acceptors (Lipinski definition) is 4. The van der Waals surface area contributed by atoms with Crippen molar-refractivity contribution in [3.8, 4) is 0 Å². The van der Waals surface area contributed by atoms with Gasteiger partial charge in [-0.25, -0.2) is 9.29 Å². The molecule has 2 aromatic carbocycles. The smallest absolute Gasteiger partial charge is 0.282 e. The molecule has 2 heterocycles. The minimum Gasteiger partial charge on any atom is -0.350 e. The number of benzene rings is 2. The van der Waals surface area contributed by atoms with Crippen molar-refractivity contribution in [2.24, 2.45) is 0 Å². The topological polar surface area (TPSA) is 49.4 Å². The Kier molecular flexibility index (Phi) is 4.51. The first-order valence-corrected chi connectivity index (χ1v) is 9.25. The first-order valence-electron chi connectivity index (χ1n) is 7.99. The monoisotopic (exact) mass is 398 g/mol. The molecule has 1 N–H and O–H groups in total. The second-order valence-corrected chi connectivity index (χ2v) is 7.17. The standard InChI is InChI=1S/C20H12ClFN2O2S/c21-12-3-9-15(10-4-12)24-19(25)17(16-2-1-11-27-16)18(20(24)26)23-14-7-5-13(22)6-8-14/h1-11,23H. The highest BCUT2D eigenvalue weighted by Crippen LogP contribution is 2.35. The van der Waals surface area contributed by atoms with E-state index >= 15 is 0 Å². The summed E-state index contributed by atoms with van der Waals surface area (Å²) in [5, 5.41) is 5.32. The van der Waals surface area contributed by atoms with Gasteiger partial charge in [0.2, 0.25) is 0 Å². The van der Waals surface area contributed by atoms with Crippen LogP contribution in [0.4, 0.5) is 15.8 Å². The third kappa shape index (κ3) is 3.25. The van der Waals surface area contributed by atoms with Gasteiger partial charge in [-0.05, 0) is 60.0 Å². The average molecular weight is 399 g/mol. The molecule has 134 valence electrons. The lowest BCUT2D eigenvalue weighted by Gasteiger charge is -2.15. The Labute approximate surface area is 163 Å². The maximum Gasteiger partial charge on any atom is 0.282 e. The van der Waals surface area contributed by atoms with Crippen molar-refractivity contribution in [2.45, 2.75) is 0 Å². The van der Waals surface area contributed by atoms with E-state index in [2.05, 4.69) is 5.32 Å². The van der Waals surface area contributed by atoms with Crippen molar-refractivity contribution >= 4 is 51.7 Å². The molecule has 0 radical (unpaired) electrons. The molecule has 2 amide bonds. The van der Waals surface area contributed by atoms with Gasteiger partial charge in [0.25, 0.3) is 11.8 Å². The van der Waals surface area contributed by atoms with Crippen LogP contribution < -0.4 is 10.2 Å². The zero-order valence-electron chi connectivity index (χ0n) is 13.8. The number of amides is 2. The highest BCUT2D eigenvalue weighted by molar-refractivity contribution is 7.11. The van der Waals surface area contributed by atoms with Crippen LogP contribution in [0.5, 0.6) is 0 Å². The summed E-state index contributed by atoms with van der Waals surface area (Å²) in [4.78, 5) is 27.9. The first kappa shape index (κ1) is 17.5. The van der Waals surface area contributed by atoms with E-state index in [0.717, 1.165) is 4.90 Å². The maximum absolute atomic E-state index is 13.2. The van der Waals surface area contributed by atoms with Crippen LogP contribution in [0, 0.1) is 5.82 Å². The van der Waals surface area contributed by atoms with Gasteiger partial charge in [0.15, 0.2) is 0 Å². The number of nitrogens with one attached hydrogen (secondary N) is 1. The molecule has 0 fully saturated rings. The third-order valence-corrected chi connectivity index (χ3v) is 5.19. The molecule has 1 aromatic heterocycles. The molecule has 4 rings (SSSR count). The third-order valence-electron chi connectivity index (χ3n) is 4.05. The van der Waals surface area contributed by atoms with Gasteiger partial charge >= 0.3 is 0 Å². The first-order chi connectivity index (χ1) is 13.0. The predicted molar refractivity (Wildman–Crippen MR) is 105 cm³/mol. The van der Waals surface area contributed by atoms with Gasteiger partial charge in [0.05, 0.1) is 11.3 Å². The minimum absolute atomic E-state index is 0.156. The largest absolute Gasteiger partial charge is 0.350 e. The number of anilines is 2. The van der Waals surface area contributed by atoms with Gasteiger partial charge in [-0.1, -0.05) is 17.7 Å². The van der Waals surface area contributed by atoms with Crippen LogP contribution in [0.25, 0.3) is 5.57 Å². The van der Waals surface area contributed by atoms with Gasteiger partial charge in [-0.3, -0.25) is 9.59 Å². The lowest BCUT2D eigenvalue weighted by Crippen LogP contribution is -2.32. The molecule has 1 aliphatic heterocycles. The summed E-state index contributed by atoms with van der Waals surface area (Å²) in [7, 11) is 0. The molecule has 1 aliphatic rings. The van der Waals surface area contributed by atoms with Crippen molar-refractivity contribution in [3.63, 3.8) is 0 Å². The van der Waals surface area contributed by atoms with Crippen LogP contribution in [0.3, 0.4) is 0 Å². The van der Waals surface area contributed by atoms with E-state index in [-0.39, 0.29) is 17.1 Å². The Bertz CT molecular complexity index is 1040. The fourth-order valence-corrected chi connectivity index (χ4v) is 3.69. The Morgan fingerprint density at radius 3 is 2.26 bits per heavy atom. The molecule has 0 spiro atoms. The Morgan fingerprint density at radius 2 is 1.63 bits per heavy atom. The number of thiophene rings is 1. The zero-order valence-corrected chi connectivity index (χ0v) is 15.4. The number of nitrogens with zero attached hydrogens (tertiary/aromatic N) is 1. The summed E-state index contributed by atoms with van der Waals surface area (Å²) in [6.45, 7) is 0. The second-order valence-electron chi connectivity index (χ2n) is 5.78. The minimum atomic E-state index is -0.477.